The van der Waals surface area contributed by atoms with Gasteiger partial charge in [-0.1, -0.05) is 13.8 Å². The summed E-state index contributed by atoms with van der Waals surface area (Å²) in [5, 5.41) is 0. The van der Waals surface area contributed by atoms with E-state index in [0.29, 0.717) is 18.8 Å². The molecule has 1 saturated heterocycles. The Balaban J connectivity index is 2.14. The highest BCUT2D eigenvalue weighted by atomic mass is 16.2. The molecule has 1 heterocycles. The number of imide groups is 1. The van der Waals surface area contributed by atoms with Gasteiger partial charge in [-0.2, -0.15) is 0 Å². The first-order valence-electron chi connectivity index (χ1n) is 6.30. The van der Waals surface area contributed by atoms with Gasteiger partial charge >= 0.3 is 0 Å². The highest BCUT2D eigenvalue weighted by Gasteiger charge is 2.69. The van der Waals surface area contributed by atoms with E-state index in [-0.39, 0.29) is 35.9 Å². The zero-order valence-corrected chi connectivity index (χ0v) is 10.3. The first-order chi connectivity index (χ1) is 7.91. The number of likely N-dealkylation sites (tertiary alicyclic amines) is 1. The SMILES string of the molecule is CC1(C)C2CCC1(N1C(=O)CCC1=O)C(=O)C2. The molecule has 4 nitrogen and oxygen atoms in total. The van der Waals surface area contributed by atoms with Crippen LogP contribution < -0.4 is 0 Å². The Labute approximate surface area is 100 Å². The largest absolute Gasteiger partial charge is 0.297 e. The van der Waals surface area contributed by atoms with Crippen LogP contribution in [0.4, 0.5) is 0 Å². The van der Waals surface area contributed by atoms with E-state index in [1.54, 1.807) is 0 Å². The minimum atomic E-state index is -0.817. The van der Waals surface area contributed by atoms with Gasteiger partial charge in [0.05, 0.1) is 0 Å². The van der Waals surface area contributed by atoms with Crippen LogP contribution in [0.5, 0.6) is 0 Å². The molecule has 0 aromatic carbocycles. The van der Waals surface area contributed by atoms with E-state index >= 15 is 0 Å². The number of hydrogen-bond donors (Lipinski definition) is 0. The first kappa shape index (κ1) is 10.9. The zero-order valence-electron chi connectivity index (χ0n) is 10.3. The van der Waals surface area contributed by atoms with Crippen LogP contribution in [0, 0.1) is 11.3 Å². The van der Waals surface area contributed by atoms with Crippen LogP contribution >= 0.6 is 0 Å². The fourth-order valence-electron chi connectivity index (χ4n) is 4.18. The number of ketones is 1. The second kappa shape index (κ2) is 2.98. The molecule has 2 atom stereocenters. The lowest BCUT2D eigenvalue weighted by atomic mass is 9.74. The molecule has 0 N–H and O–H groups in total. The molecular formula is C13H17NO3. The van der Waals surface area contributed by atoms with Gasteiger partial charge in [-0.3, -0.25) is 19.3 Å². The summed E-state index contributed by atoms with van der Waals surface area (Å²) < 4.78 is 0. The van der Waals surface area contributed by atoms with Gasteiger partial charge in [0.1, 0.15) is 5.54 Å². The third-order valence-electron chi connectivity index (χ3n) is 5.27. The van der Waals surface area contributed by atoms with E-state index in [2.05, 4.69) is 0 Å². The molecule has 0 aromatic rings. The standard InChI is InChI=1S/C13H17NO3/c1-12(2)8-5-6-13(12,9(15)7-8)14-10(16)3-4-11(14)17/h8H,3-7H2,1-2H3. The number of Topliss-reactive ketones (excluding diaryl/α,β-unsaturated/α-hetero) is 1. The molecule has 1 aliphatic heterocycles. The van der Waals surface area contributed by atoms with E-state index in [4.69, 9.17) is 0 Å². The van der Waals surface area contributed by atoms with Crippen molar-refractivity contribution in [1.29, 1.82) is 0 Å². The van der Waals surface area contributed by atoms with Gasteiger partial charge in [0, 0.05) is 19.3 Å². The molecule has 4 heteroatoms. The average molecular weight is 235 g/mol. The van der Waals surface area contributed by atoms with Crippen molar-refractivity contribution < 1.29 is 14.4 Å². The van der Waals surface area contributed by atoms with Crippen molar-refractivity contribution in [2.24, 2.45) is 11.3 Å². The maximum Gasteiger partial charge on any atom is 0.230 e. The molecule has 0 spiro atoms. The van der Waals surface area contributed by atoms with Gasteiger partial charge in [0.15, 0.2) is 5.78 Å². The lowest BCUT2D eigenvalue weighted by Gasteiger charge is -2.42. The second-order valence-electron chi connectivity index (χ2n) is 6.07. The monoisotopic (exact) mass is 235 g/mol. The summed E-state index contributed by atoms with van der Waals surface area (Å²) in [6.45, 7) is 4.07. The normalized spacial score (nSPS) is 39.5. The predicted octanol–water partition coefficient (Wildman–Crippen LogP) is 1.28. The van der Waals surface area contributed by atoms with Gasteiger partial charge in [-0.05, 0) is 24.2 Å². The number of amides is 2. The number of carbonyl (C=O) groups excluding carboxylic acids is 3. The summed E-state index contributed by atoms with van der Waals surface area (Å²) in [6, 6.07) is 0. The topological polar surface area (TPSA) is 54.5 Å². The van der Waals surface area contributed by atoms with Crippen molar-refractivity contribution in [3.8, 4) is 0 Å². The van der Waals surface area contributed by atoms with Crippen molar-refractivity contribution in [1.82, 2.24) is 4.90 Å². The van der Waals surface area contributed by atoms with Gasteiger partial charge < -0.3 is 0 Å². The lowest BCUT2D eigenvalue weighted by molar-refractivity contribution is -0.155. The van der Waals surface area contributed by atoms with Crippen LogP contribution in [0.3, 0.4) is 0 Å². The van der Waals surface area contributed by atoms with Gasteiger partial charge in [-0.25, -0.2) is 0 Å². The molecule has 2 unspecified atom stereocenters. The van der Waals surface area contributed by atoms with E-state index in [1.807, 2.05) is 13.8 Å². The molecule has 2 aliphatic carbocycles. The lowest BCUT2D eigenvalue weighted by Crippen LogP contribution is -2.59. The number of carbonyl (C=O) groups is 3. The second-order valence-corrected chi connectivity index (χ2v) is 6.07. The summed E-state index contributed by atoms with van der Waals surface area (Å²) >= 11 is 0. The molecule has 0 radical (unpaired) electrons. The summed E-state index contributed by atoms with van der Waals surface area (Å²) in [5.41, 5.74) is -1.07. The van der Waals surface area contributed by atoms with Crippen LogP contribution in [-0.4, -0.2) is 28.0 Å². The first-order valence-corrected chi connectivity index (χ1v) is 6.30. The molecule has 2 saturated carbocycles. The minimum absolute atomic E-state index is 0.0994. The summed E-state index contributed by atoms with van der Waals surface area (Å²) in [5.74, 6) is 0.122. The van der Waals surface area contributed by atoms with Crippen molar-refractivity contribution in [2.45, 2.75) is 51.5 Å². The highest BCUT2D eigenvalue weighted by Crippen LogP contribution is 2.61. The van der Waals surface area contributed by atoms with Gasteiger partial charge in [0.2, 0.25) is 11.8 Å². The molecule has 2 amide bonds. The van der Waals surface area contributed by atoms with Crippen LogP contribution in [-0.2, 0) is 14.4 Å². The van der Waals surface area contributed by atoms with Crippen molar-refractivity contribution in [3.63, 3.8) is 0 Å². The number of hydrogen-bond acceptors (Lipinski definition) is 3. The molecule has 3 rings (SSSR count). The molecule has 2 bridgehead atoms. The third kappa shape index (κ3) is 1.02. The Hall–Kier alpha value is -1.19. The molecule has 0 aromatic heterocycles. The Morgan fingerprint density at radius 2 is 1.71 bits per heavy atom. The number of fused-ring (bicyclic) bond motifs is 2. The molecule has 3 fully saturated rings. The van der Waals surface area contributed by atoms with Crippen molar-refractivity contribution in [3.05, 3.63) is 0 Å². The summed E-state index contributed by atoms with van der Waals surface area (Å²) in [4.78, 5) is 37.5. The van der Waals surface area contributed by atoms with Crippen molar-refractivity contribution >= 4 is 17.6 Å². The fourth-order valence-corrected chi connectivity index (χ4v) is 4.18. The Morgan fingerprint density at radius 3 is 2.12 bits per heavy atom. The third-order valence-corrected chi connectivity index (χ3v) is 5.27. The number of nitrogens with zero attached hydrogens (tertiary/aromatic N) is 1. The summed E-state index contributed by atoms with van der Waals surface area (Å²) in [6.07, 6.45) is 2.70. The fraction of sp³-hybridized carbons (Fsp3) is 0.769. The maximum atomic E-state index is 12.3. The Bertz CT molecular complexity index is 424. The van der Waals surface area contributed by atoms with Crippen LogP contribution in [0.15, 0.2) is 0 Å². The average Bonchev–Trinajstić information content (AvgIpc) is 2.76. The maximum absolute atomic E-state index is 12.3. The summed E-state index contributed by atoms with van der Waals surface area (Å²) in [7, 11) is 0. The van der Waals surface area contributed by atoms with Crippen LogP contribution in [0.2, 0.25) is 0 Å². The molecular weight excluding hydrogens is 218 g/mol. The molecule has 3 aliphatic rings. The Kier molecular flexibility index (Phi) is 1.91. The Morgan fingerprint density at radius 1 is 1.12 bits per heavy atom. The van der Waals surface area contributed by atoms with Crippen molar-refractivity contribution in [2.75, 3.05) is 0 Å². The predicted molar refractivity (Wildman–Crippen MR) is 59.9 cm³/mol. The van der Waals surface area contributed by atoms with E-state index < -0.39 is 5.54 Å². The van der Waals surface area contributed by atoms with Gasteiger partial charge in [-0.15, -0.1) is 0 Å². The highest BCUT2D eigenvalue weighted by molar-refractivity contribution is 6.09. The van der Waals surface area contributed by atoms with Crippen LogP contribution in [0.1, 0.15) is 46.0 Å². The van der Waals surface area contributed by atoms with E-state index in [0.717, 1.165) is 6.42 Å². The van der Waals surface area contributed by atoms with Crippen LogP contribution in [0.25, 0.3) is 0 Å². The molecule has 92 valence electrons. The minimum Gasteiger partial charge on any atom is -0.297 e. The zero-order chi connectivity index (χ0) is 12.4. The van der Waals surface area contributed by atoms with E-state index in [1.165, 1.54) is 4.90 Å². The number of rotatable bonds is 1. The van der Waals surface area contributed by atoms with E-state index in [9.17, 15) is 14.4 Å². The quantitative estimate of drug-likeness (QED) is 0.643. The smallest absolute Gasteiger partial charge is 0.230 e. The van der Waals surface area contributed by atoms with Gasteiger partial charge in [0.25, 0.3) is 0 Å². The molecule has 17 heavy (non-hydrogen) atoms.